The number of hydrogen-bond donors (Lipinski definition) is 0. The number of thiazole rings is 1. The van der Waals surface area contributed by atoms with Crippen LogP contribution >= 0.6 is 22.9 Å². The molecular weight excluding hydrogens is 314 g/mol. The van der Waals surface area contributed by atoms with Gasteiger partial charge in [0.15, 0.2) is 0 Å². The number of carbonyl (C=O) groups excluding carboxylic acids is 1. The number of halogens is 1. The first kappa shape index (κ1) is 15.4. The fourth-order valence-corrected chi connectivity index (χ4v) is 2.89. The number of carbonyl (C=O) groups is 1. The largest absolute Gasteiger partial charge is 0.337 e. The van der Waals surface area contributed by atoms with E-state index in [-0.39, 0.29) is 16.6 Å². The number of aromatic nitrogens is 1. The maximum Gasteiger partial charge on any atom is 0.287 e. The van der Waals surface area contributed by atoms with Crippen molar-refractivity contribution in [2.24, 2.45) is 0 Å². The summed E-state index contributed by atoms with van der Waals surface area (Å²) in [6.07, 6.45) is 1.73. The summed E-state index contributed by atoms with van der Waals surface area (Å²) in [5.41, 5.74) is 0.100. The van der Waals surface area contributed by atoms with E-state index in [9.17, 15) is 14.9 Å². The van der Waals surface area contributed by atoms with Crippen LogP contribution < -0.4 is 0 Å². The summed E-state index contributed by atoms with van der Waals surface area (Å²) in [6.45, 7) is 2.32. The molecule has 110 valence electrons. The Morgan fingerprint density at radius 1 is 1.52 bits per heavy atom. The number of nitro groups is 1. The van der Waals surface area contributed by atoms with Gasteiger partial charge in [-0.05, 0) is 19.1 Å². The number of benzene rings is 1. The molecule has 0 unspecified atom stereocenters. The van der Waals surface area contributed by atoms with Crippen LogP contribution in [0.2, 0.25) is 5.02 Å². The quantitative estimate of drug-likeness (QED) is 0.638. The van der Waals surface area contributed by atoms with Crippen molar-refractivity contribution in [2.45, 2.75) is 13.5 Å². The van der Waals surface area contributed by atoms with Crippen LogP contribution in [0.3, 0.4) is 0 Å². The van der Waals surface area contributed by atoms with E-state index in [1.807, 2.05) is 6.92 Å². The summed E-state index contributed by atoms with van der Waals surface area (Å²) < 4.78 is 0. The summed E-state index contributed by atoms with van der Waals surface area (Å²) in [5, 5.41) is 11.6. The third-order valence-corrected chi connectivity index (χ3v) is 4.00. The standard InChI is InChI=1S/C13H12ClN3O3S/c1-8-15-6-10(21-8)7-16(2)13(18)9-3-4-12(17(19)20)11(14)5-9/h3-6H,7H2,1-2H3. The van der Waals surface area contributed by atoms with Crippen molar-refractivity contribution in [3.63, 3.8) is 0 Å². The Balaban J connectivity index is 2.15. The zero-order valence-corrected chi connectivity index (χ0v) is 12.9. The van der Waals surface area contributed by atoms with E-state index in [1.54, 1.807) is 13.2 Å². The van der Waals surface area contributed by atoms with Gasteiger partial charge in [0, 0.05) is 29.8 Å². The van der Waals surface area contributed by atoms with Crippen LogP contribution in [0.15, 0.2) is 24.4 Å². The van der Waals surface area contributed by atoms with Gasteiger partial charge in [0.25, 0.3) is 11.6 Å². The molecule has 1 aromatic heterocycles. The first-order chi connectivity index (χ1) is 9.88. The van der Waals surface area contributed by atoms with Gasteiger partial charge in [-0.2, -0.15) is 0 Å². The third-order valence-electron chi connectivity index (χ3n) is 2.80. The Labute approximate surface area is 130 Å². The van der Waals surface area contributed by atoms with Crippen LogP contribution in [0.4, 0.5) is 5.69 Å². The van der Waals surface area contributed by atoms with Crippen LogP contribution in [0.1, 0.15) is 20.2 Å². The lowest BCUT2D eigenvalue weighted by atomic mass is 10.2. The number of nitro benzene ring substituents is 1. The molecule has 0 N–H and O–H groups in total. The van der Waals surface area contributed by atoms with Crippen LogP contribution in [0.25, 0.3) is 0 Å². The van der Waals surface area contributed by atoms with Gasteiger partial charge in [0.1, 0.15) is 5.02 Å². The van der Waals surface area contributed by atoms with Crippen molar-refractivity contribution in [1.29, 1.82) is 0 Å². The topological polar surface area (TPSA) is 76.3 Å². The number of rotatable bonds is 4. The summed E-state index contributed by atoms with van der Waals surface area (Å²) in [6, 6.07) is 3.96. The Kier molecular flexibility index (Phi) is 4.54. The molecule has 0 aliphatic carbocycles. The highest BCUT2D eigenvalue weighted by molar-refractivity contribution is 7.11. The summed E-state index contributed by atoms with van der Waals surface area (Å²) in [5.74, 6) is -0.252. The molecule has 0 bridgehead atoms. The van der Waals surface area contributed by atoms with Crippen molar-refractivity contribution < 1.29 is 9.72 Å². The lowest BCUT2D eigenvalue weighted by Gasteiger charge is -2.16. The molecule has 0 fully saturated rings. The van der Waals surface area contributed by atoms with Crippen molar-refractivity contribution in [3.8, 4) is 0 Å². The monoisotopic (exact) mass is 325 g/mol. The van der Waals surface area contributed by atoms with Crippen molar-refractivity contribution in [2.75, 3.05) is 7.05 Å². The molecule has 0 aliphatic heterocycles. The highest BCUT2D eigenvalue weighted by Gasteiger charge is 2.18. The molecule has 1 heterocycles. The van der Waals surface area contributed by atoms with Gasteiger partial charge >= 0.3 is 0 Å². The molecule has 1 amide bonds. The number of nitrogens with zero attached hydrogens (tertiary/aromatic N) is 3. The van der Waals surface area contributed by atoms with Gasteiger partial charge in [-0.15, -0.1) is 11.3 Å². The van der Waals surface area contributed by atoms with Gasteiger partial charge in [-0.25, -0.2) is 4.98 Å². The second kappa shape index (κ2) is 6.19. The van der Waals surface area contributed by atoms with E-state index in [0.717, 1.165) is 9.88 Å². The normalized spacial score (nSPS) is 10.4. The SMILES string of the molecule is Cc1ncc(CN(C)C(=O)c2ccc([N+](=O)[O-])c(Cl)c2)s1. The maximum atomic E-state index is 12.3. The average Bonchev–Trinajstić information content (AvgIpc) is 2.82. The maximum absolute atomic E-state index is 12.3. The molecule has 2 rings (SSSR count). The number of hydrogen-bond acceptors (Lipinski definition) is 5. The molecular formula is C13H12ClN3O3S. The van der Waals surface area contributed by atoms with Crippen molar-refractivity contribution in [3.05, 3.63) is 55.0 Å². The lowest BCUT2D eigenvalue weighted by molar-refractivity contribution is -0.384. The summed E-state index contributed by atoms with van der Waals surface area (Å²) in [4.78, 5) is 29.0. The van der Waals surface area contributed by atoms with Crippen LogP contribution in [0.5, 0.6) is 0 Å². The minimum absolute atomic E-state index is 0.0483. The fourth-order valence-electron chi connectivity index (χ4n) is 1.79. The van der Waals surface area contributed by atoms with Gasteiger partial charge in [0.05, 0.1) is 16.5 Å². The molecule has 1 aromatic carbocycles. The van der Waals surface area contributed by atoms with E-state index in [4.69, 9.17) is 11.6 Å². The first-order valence-electron chi connectivity index (χ1n) is 5.99. The molecule has 8 heteroatoms. The number of aryl methyl sites for hydroxylation is 1. The summed E-state index contributed by atoms with van der Waals surface area (Å²) >= 11 is 7.33. The molecule has 0 atom stereocenters. The predicted molar refractivity (Wildman–Crippen MR) is 80.8 cm³/mol. The first-order valence-corrected chi connectivity index (χ1v) is 7.18. The van der Waals surface area contributed by atoms with Gasteiger partial charge < -0.3 is 4.90 Å². The van der Waals surface area contributed by atoms with Gasteiger partial charge in [-0.1, -0.05) is 11.6 Å². The van der Waals surface area contributed by atoms with Crippen molar-refractivity contribution >= 4 is 34.5 Å². The van der Waals surface area contributed by atoms with Crippen molar-refractivity contribution in [1.82, 2.24) is 9.88 Å². The third kappa shape index (κ3) is 3.56. The predicted octanol–water partition coefficient (Wildman–Crippen LogP) is 3.29. The fraction of sp³-hybridized carbons (Fsp3) is 0.231. The zero-order chi connectivity index (χ0) is 15.6. The Morgan fingerprint density at radius 3 is 2.76 bits per heavy atom. The minimum atomic E-state index is -0.583. The molecule has 0 spiro atoms. The number of amides is 1. The Bertz CT molecular complexity index is 702. The molecule has 21 heavy (non-hydrogen) atoms. The second-order valence-electron chi connectivity index (χ2n) is 4.43. The lowest BCUT2D eigenvalue weighted by Crippen LogP contribution is -2.25. The summed E-state index contributed by atoms with van der Waals surface area (Å²) in [7, 11) is 1.66. The van der Waals surface area contributed by atoms with Crippen LogP contribution in [0, 0.1) is 17.0 Å². The van der Waals surface area contributed by atoms with Gasteiger partial charge in [-0.3, -0.25) is 14.9 Å². The smallest absolute Gasteiger partial charge is 0.287 e. The van der Waals surface area contributed by atoms with E-state index < -0.39 is 4.92 Å². The van der Waals surface area contributed by atoms with Crippen LogP contribution in [-0.4, -0.2) is 27.8 Å². The molecule has 0 aliphatic rings. The van der Waals surface area contributed by atoms with E-state index in [2.05, 4.69) is 4.98 Å². The minimum Gasteiger partial charge on any atom is -0.337 e. The molecule has 2 aromatic rings. The van der Waals surface area contributed by atoms with Crippen LogP contribution in [-0.2, 0) is 6.54 Å². The Hall–Kier alpha value is -1.99. The molecule has 6 nitrogen and oxygen atoms in total. The van der Waals surface area contributed by atoms with Gasteiger partial charge in [0.2, 0.25) is 0 Å². The Morgan fingerprint density at radius 2 is 2.24 bits per heavy atom. The van der Waals surface area contributed by atoms with E-state index >= 15 is 0 Å². The molecule has 0 saturated heterocycles. The van der Waals surface area contributed by atoms with E-state index in [0.29, 0.717) is 12.1 Å². The van der Waals surface area contributed by atoms with E-state index in [1.165, 1.54) is 34.4 Å². The molecule has 0 radical (unpaired) electrons. The zero-order valence-electron chi connectivity index (χ0n) is 11.4. The highest BCUT2D eigenvalue weighted by Crippen LogP contribution is 2.25. The second-order valence-corrected chi connectivity index (χ2v) is 6.16. The molecule has 0 saturated carbocycles. The highest BCUT2D eigenvalue weighted by atomic mass is 35.5. The average molecular weight is 326 g/mol.